The fourth-order valence-corrected chi connectivity index (χ4v) is 1.78. The second-order valence-corrected chi connectivity index (χ2v) is 4.32. The highest BCUT2D eigenvalue weighted by Gasteiger charge is 2.05. The Balaban J connectivity index is 2.16. The van der Waals surface area contributed by atoms with E-state index in [0.717, 1.165) is 0 Å². The minimum absolute atomic E-state index is 0.139. The minimum atomic E-state index is 0.139. The molecule has 4 heteroatoms. The molecule has 0 fully saturated rings. The van der Waals surface area contributed by atoms with Crippen molar-refractivity contribution in [2.24, 2.45) is 5.10 Å². The third kappa shape index (κ3) is 2.98. The lowest BCUT2D eigenvalue weighted by atomic mass is 10.1. The third-order valence-electron chi connectivity index (χ3n) is 2.88. The lowest BCUT2D eigenvalue weighted by Crippen LogP contribution is -2.08. The van der Waals surface area contributed by atoms with E-state index in [1.54, 1.807) is 43.3 Å². The molecular weight excluding hydrogens is 252 g/mol. The number of aromatic hydroxyl groups is 2. The normalized spacial score (nSPS) is 11.2. The van der Waals surface area contributed by atoms with Crippen LogP contribution in [0.2, 0.25) is 0 Å². The van der Waals surface area contributed by atoms with Crippen LogP contribution in [0, 0.1) is 0 Å². The maximum atomic E-state index is 9.74. The predicted molar refractivity (Wildman–Crippen MR) is 80.6 cm³/mol. The standard InChI is InChI=1S/C16H16N2O2/c1-11(13-7-3-5-9-15(13)19)17-18-12(2)14-8-4-6-10-16(14)20/h3-10,17,19-20H,1H2,2H3/b18-12+. The van der Waals surface area contributed by atoms with Gasteiger partial charge in [-0.25, -0.2) is 0 Å². The molecule has 0 aliphatic carbocycles. The molecule has 0 aromatic heterocycles. The van der Waals surface area contributed by atoms with E-state index in [0.29, 0.717) is 22.5 Å². The first-order chi connectivity index (χ1) is 9.59. The van der Waals surface area contributed by atoms with E-state index >= 15 is 0 Å². The zero-order valence-corrected chi connectivity index (χ0v) is 11.2. The monoisotopic (exact) mass is 268 g/mol. The molecule has 2 rings (SSSR count). The summed E-state index contributed by atoms with van der Waals surface area (Å²) in [5, 5.41) is 23.6. The summed E-state index contributed by atoms with van der Waals surface area (Å²) in [7, 11) is 0. The Kier molecular flexibility index (Phi) is 4.05. The summed E-state index contributed by atoms with van der Waals surface area (Å²) in [4.78, 5) is 0. The van der Waals surface area contributed by atoms with Crippen molar-refractivity contribution in [3.8, 4) is 11.5 Å². The number of benzene rings is 2. The lowest BCUT2D eigenvalue weighted by molar-refractivity contribution is 0.472. The van der Waals surface area contributed by atoms with E-state index in [-0.39, 0.29) is 11.5 Å². The van der Waals surface area contributed by atoms with Crippen molar-refractivity contribution in [2.75, 3.05) is 0 Å². The highest BCUT2D eigenvalue weighted by molar-refractivity contribution is 6.01. The van der Waals surface area contributed by atoms with Gasteiger partial charge in [0.2, 0.25) is 0 Å². The molecule has 0 atom stereocenters. The van der Waals surface area contributed by atoms with Gasteiger partial charge in [0.1, 0.15) is 11.5 Å². The highest BCUT2D eigenvalue weighted by Crippen LogP contribution is 2.22. The van der Waals surface area contributed by atoms with Crippen molar-refractivity contribution in [2.45, 2.75) is 6.92 Å². The van der Waals surface area contributed by atoms with Crippen molar-refractivity contribution >= 4 is 11.4 Å². The molecule has 0 amide bonds. The molecule has 2 aromatic rings. The number of hydrogen-bond donors (Lipinski definition) is 3. The van der Waals surface area contributed by atoms with Crippen LogP contribution in [0.4, 0.5) is 0 Å². The summed E-state index contributed by atoms with van der Waals surface area (Å²) in [5.41, 5.74) is 5.12. The number of nitrogens with one attached hydrogen (secondary N) is 1. The molecule has 0 aliphatic heterocycles. The Labute approximate surface area is 117 Å². The van der Waals surface area contributed by atoms with Gasteiger partial charge in [-0.3, -0.25) is 5.43 Å². The maximum Gasteiger partial charge on any atom is 0.124 e. The summed E-state index contributed by atoms with van der Waals surface area (Å²) in [6.07, 6.45) is 0. The SMILES string of the molecule is C=C(N/N=C(\C)c1ccccc1O)c1ccccc1O. The van der Waals surface area contributed by atoms with Gasteiger partial charge in [0.05, 0.1) is 11.4 Å². The van der Waals surface area contributed by atoms with Gasteiger partial charge in [-0.15, -0.1) is 0 Å². The number of para-hydroxylation sites is 2. The van der Waals surface area contributed by atoms with Crippen LogP contribution < -0.4 is 5.43 Å². The average Bonchev–Trinajstić information content (AvgIpc) is 2.45. The minimum Gasteiger partial charge on any atom is -0.507 e. The molecule has 20 heavy (non-hydrogen) atoms. The van der Waals surface area contributed by atoms with Crippen LogP contribution in [0.5, 0.6) is 11.5 Å². The van der Waals surface area contributed by atoms with Crippen LogP contribution in [0.1, 0.15) is 18.1 Å². The Morgan fingerprint density at radius 1 is 0.950 bits per heavy atom. The van der Waals surface area contributed by atoms with Gasteiger partial charge in [-0.1, -0.05) is 30.8 Å². The van der Waals surface area contributed by atoms with Crippen LogP contribution in [-0.4, -0.2) is 15.9 Å². The number of hydrazone groups is 1. The molecule has 0 heterocycles. The highest BCUT2D eigenvalue weighted by atomic mass is 16.3. The zero-order valence-electron chi connectivity index (χ0n) is 11.2. The molecule has 3 N–H and O–H groups in total. The van der Waals surface area contributed by atoms with Crippen molar-refractivity contribution in [3.63, 3.8) is 0 Å². The molecular formula is C16H16N2O2. The second kappa shape index (κ2) is 5.93. The number of nitrogens with zero attached hydrogens (tertiary/aromatic N) is 1. The summed E-state index contributed by atoms with van der Waals surface area (Å²) < 4.78 is 0. The van der Waals surface area contributed by atoms with Crippen molar-refractivity contribution in [1.29, 1.82) is 0 Å². The van der Waals surface area contributed by atoms with Crippen LogP contribution >= 0.6 is 0 Å². The van der Waals surface area contributed by atoms with Crippen molar-refractivity contribution < 1.29 is 10.2 Å². The van der Waals surface area contributed by atoms with Gasteiger partial charge < -0.3 is 10.2 Å². The zero-order chi connectivity index (χ0) is 14.5. The topological polar surface area (TPSA) is 64.9 Å². The first-order valence-electron chi connectivity index (χ1n) is 6.15. The van der Waals surface area contributed by atoms with Crippen molar-refractivity contribution in [1.82, 2.24) is 5.43 Å². The number of phenols is 2. The second-order valence-electron chi connectivity index (χ2n) is 4.32. The van der Waals surface area contributed by atoms with E-state index in [9.17, 15) is 10.2 Å². The smallest absolute Gasteiger partial charge is 0.124 e. The van der Waals surface area contributed by atoms with Crippen LogP contribution in [0.3, 0.4) is 0 Å². The molecule has 0 saturated carbocycles. The Morgan fingerprint density at radius 2 is 1.45 bits per heavy atom. The van der Waals surface area contributed by atoms with Gasteiger partial charge in [0.25, 0.3) is 0 Å². The number of hydrogen-bond acceptors (Lipinski definition) is 4. The maximum absolute atomic E-state index is 9.74. The summed E-state index contributed by atoms with van der Waals surface area (Å²) in [6.45, 7) is 5.61. The number of rotatable bonds is 4. The molecule has 2 aromatic carbocycles. The van der Waals surface area contributed by atoms with Gasteiger partial charge in [0, 0.05) is 11.1 Å². The fraction of sp³-hybridized carbons (Fsp3) is 0.0625. The van der Waals surface area contributed by atoms with Crippen LogP contribution in [0.15, 0.2) is 60.2 Å². The Bertz CT molecular complexity index is 663. The molecule has 4 nitrogen and oxygen atoms in total. The first kappa shape index (κ1) is 13.7. The lowest BCUT2D eigenvalue weighted by Gasteiger charge is -2.09. The van der Waals surface area contributed by atoms with E-state index in [4.69, 9.17) is 0 Å². The van der Waals surface area contributed by atoms with Gasteiger partial charge >= 0.3 is 0 Å². The van der Waals surface area contributed by atoms with E-state index in [1.165, 1.54) is 0 Å². The average molecular weight is 268 g/mol. The molecule has 0 saturated heterocycles. The van der Waals surface area contributed by atoms with E-state index < -0.39 is 0 Å². The van der Waals surface area contributed by atoms with Gasteiger partial charge in [-0.2, -0.15) is 5.10 Å². The summed E-state index contributed by atoms with van der Waals surface area (Å²) in [6, 6.07) is 13.8. The summed E-state index contributed by atoms with van der Waals surface area (Å²) in [5.74, 6) is 0.309. The van der Waals surface area contributed by atoms with E-state index in [2.05, 4.69) is 17.1 Å². The largest absolute Gasteiger partial charge is 0.507 e. The third-order valence-corrected chi connectivity index (χ3v) is 2.88. The first-order valence-corrected chi connectivity index (χ1v) is 6.15. The molecule has 0 unspecified atom stereocenters. The summed E-state index contributed by atoms with van der Waals surface area (Å²) >= 11 is 0. The predicted octanol–water partition coefficient (Wildman–Crippen LogP) is 3.08. The van der Waals surface area contributed by atoms with Crippen molar-refractivity contribution in [3.05, 3.63) is 66.2 Å². The van der Waals surface area contributed by atoms with Crippen LogP contribution in [0.25, 0.3) is 5.70 Å². The fourth-order valence-electron chi connectivity index (χ4n) is 1.78. The molecule has 0 spiro atoms. The molecule has 0 aliphatic rings. The van der Waals surface area contributed by atoms with Gasteiger partial charge in [0.15, 0.2) is 0 Å². The van der Waals surface area contributed by atoms with Gasteiger partial charge in [-0.05, 0) is 31.2 Å². The quantitative estimate of drug-likeness (QED) is 0.589. The van der Waals surface area contributed by atoms with E-state index in [1.807, 2.05) is 12.1 Å². The number of phenolic OH excluding ortho intramolecular Hbond substituents is 2. The Morgan fingerprint density at radius 3 is 2.00 bits per heavy atom. The Hall–Kier alpha value is -2.75. The molecule has 0 bridgehead atoms. The molecule has 0 radical (unpaired) electrons. The molecule has 102 valence electrons. The van der Waals surface area contributed by atoms with Crippen LogP contribution in [-0.2, 0) is 0 Å².